The molecule has 0 unspecified atom stereocenters. The molecule has 1 rings (SSSR count). The third kappa shape index (κ3) is 2.72. The van der Waals surface area contributed by atoms with Gasteiger partial charge in [0.15, 0.2) is 0 Å². The molecule has 0 heterocycles. The Morgan fingerprint density at radius 2 is 2.00 bits per heavy atom. The van der Waals surface area contributed by atoms with Crippen LogP contribution in [0.2, 0.25) is 0 Å². The second-order valence-electron chi connectivity index (χ2n) is 3.63. The fourth-order valence-electron chi connectivity index (χ4n) is 1.92. The van der Waals surface area contributed by atoms with Crippen molar-refractivity contribution in [3.05, 3.63) is 0 Å². The Bertz CT molecular complexity index is 151. The number of nitrogens with two attached hydrogens (primary N) is 1. The van der Waals surface area contributed by atoms with Gasteiger partial charge >= 0.3 is 6.03 Å². The summed E-state index contributed by atoms with van der Waals surface area (Å²) in [7, 11) is 0. The van der Waals surface area contributed by atoms with Crippen molar-refractivity contribution in [1.82, 2.24) is 5.32 Å². The molecule has 3 N–H and O–H groups in total. The topological polar surface area (TPSA) is 55.1 Å². The Morgan fingerprint density at radius 1 is 1.42 bits per heavy atom. The van der Waals surface area contributed by atoms with Crippen LogP contribution in [0, 0.1) is 5.92 Å². The van der Waals surface area contributed by atoms with Crippen LogP contribution in [0.4, 0.5) is 4.79 Å². The summed E-state index contributed by atoms with van der Waals surface area (Å²) in [6.07, 6.45) is 5.94. The van der Waals surface area contributed by atoms with Gasteiger partial charge in [-0.25, -0.2) is 4.79 Å². The summed E-state index contributed by atoms with van der Waals surface area (Å²) in [4.78, 5) is 10.5. The van der Waals surface area contributed by atoms with E-state index in [2.05, 4.69) is 12.2 Å². The molecule has 70 valence electrons. The first-order chi connectivity index (χ1) is 5.72. The van der Waals surface area contributed by atoms with Crippen LogP contribution >= 0.6 is 0 Å². The number of carbonyl (C=O) groups excluding carboxylic acids is 1. The van der Waals surface area contributed by atoms with Gasteiger partial charge < -0.3 is 11.1 Å². The van der Waals surface area contributed by atoms with Crippen LogP contribution < -0.4 is 11.1 Å². The molecular formula is C9H18N2O. The molecule has 0 aromatic carbocycles. The molecule has 1 aliphatic rings. The lowest BCUT2D eigenvalue weighted by Crippen LogP contribution is -2.40. The lowest BCUT2D eigenvalue weighted by molar-refractivity contribution is 0.234. The van der Waals surface area contributed by atoms with Crippen molar-refractivity contribution in [2.75, 3.05) is 0 Å². The maximum absolute atomic E-state index is 10.5. The van der Waals surface area contributed by atoms with Gasteiger partial charge in [-0.05, 0) is 31.6 Å². The number of carbonyl (C=O) groups is 1. The van der Waals surface area contributed by atoms with E-state index in [1.165, 1.54) is 19.3 Å². The van der Waals surface area contributed by atoms with Crippen molar-refractivity contribution in [1.29, 1.82) is 0 Å². The minimum atomic E-state index is -0.380. The highest BCUT2D eigenvalue weighted by molar-refractivity contribution is 5.71. The molecule has 3 heteroatoms. The lowest BCUT2D eigenvalue weighted by atomic mass is 9.85. The van der Waals surface area contributed by atoms with Gasteiger partial charge in [-0.1, -0.05) is 13.3 Å². The summed E-state index contributed by atoms with van der Waals surface area (Å²) in [5.74, 6) is 0.871. The van der Waals surface area contributed by atoms with Gasteiger partial charge in [-0.3, -0.25) is 0 Å². The highest BCUT2D eigenvalue weighted by atomic mass is 16.2. The molecule has 0 aromatic heterocycles. The van der Waals surface area contributed by atoms with E-state index < -0.39 is 0 Å². The van der Waals surface area contributed by atoms with Gasteiger partial charge in [0.2, 0.25) is 0 Å². The molecule has 0 bridgehead atoms. The van der Waals surface area contributed by atoms with E-state index in [0.717, 1.165) is 18.8 Å². The van der Waals surface area contributed by atoms with Crippen molar-refractivity contribution in [2.45, 2.75) is 45.1 Å². The quantitative estimate of drug-likeness (QED) is 0.650. The van der Waals surface area contributed by atoms with Gasteiger partial charge in [-0.15, -0.1) is 0 Å². The van der Waals surface area contributed by atoms with Crippen LogP contribution in [0.1, 0.15) is 39.0 Å². The SMILES string of the molecule is CCC1CCC(NC(N)=O)CC1. The van der Waals surface area contributed by atoms with E-state index in [0.29, 0.717) is 6.04 Å². The number of amides is 2. The smallest absolute Gasteiger partial charge is 0.312 e. The Morgan fingerprint density at radius 3 is 2.42 bits per heavy atom. The molecule has 0 aromatic rings. The van der Waals surface area contributed by atoms with Gasteiger partial charge in [0.05, 0.1) is 0 Å². The number of nitrogens with one attached hydrogen (secondary N) is 1. The van der Waals surface area contributed by atoms with Gasteiger partial charge in [-0.2, -0.15) is 0 Å². The van der Waals surface area contributed by atoms with E-state index in [1.54, 1.807) is 0 Å². The van der Waals surface area contributed by atoms with E-state index in [4.69, 9.17) is 5.73 Å². The lowest BCUT2D eigenvalue weighted by Gasteiger charge is -2.27. The maximum Gasteiger partial charge on any atom is 0.312 e. The summed E-state index contributed by atoms with van der Waals surface area (Å²) in [5, 5.41) is 2.77. The van der Waals surface area contributed by atoms with E-state index >= 15 is 0 Å². The first-order valence-electron chi connectivity index (χ1n) is 4.78. The predicted octanol–water partition coefficient (Wildman–Crippen LogP) is 1.62. The van der Waals surface area contributed by atoms with Crippen LogP contribution in [0.15, 0.2) is 0 Å². The monoisotopic (exact) mass is 170 g/mol. The Balaban J connectivity index is 2.21. The number of rotatable bonds is 2. The number of hydrogen-bond acceptors (Lipinski definition) is 1. The molecule has 0 atom stereocenters. The third-order valence-corrected chi connectivity index (χ3v) is 2.77. The summed E-state index contributed by atoms with van der Waals surface area (Å²) >= 11 is 0. The molecular weight excluding hydrogens is 152 g/mol. The molecule has 12 heavy (non-hydrogen) atoms. The molecule has 0 spiro atoms. The Hall–Kier alpha value is -0.730. The minimum absolute atomic E-state index is 0.338. The third-order valence-electron chi connectivity index (χ3n) is 2.77. The van der Waals surface area contributed by atoms with Crippen LogP contribution in [0.3, 0.4) is 0 Å². The number of urea groups is 1. The highest BCUT2D eigenvalue weighted by Gasteiger charge is 2.20. The van der Waals surface area contributed by atoms with E-state index in [-0.39, 0.29) is 6.03 Å². The largest absolute Gasteiger partial charge is 0.352 e. The zero-order valence-electron chi connectivity index (χ0n) is 7.68. The van der Waals surface area contributed by atoms with Crippen LogP contribution in [-0.2, 0) is 0 Å². The van der Waals surface area contributed by atoms with Crippen LogP contribution in [-0.4, -0.2) is 12.1 Å². The van der Waals surface area contributed by atoms with Gasteiger partial charge in [0.1, 0.15) is 0 Å². The average Bonchev–Trinajstić information content (AvgIpc) is 2.05. The van der Waals surface area contributed by atoms with Crippen molar-refractivity contribution < 1.29 is 4.79 Å². The van der Waals surface area contributed by atoms with E-state index in [1.807, 2.05) is 0 Å². The first kappa shape index (κ1) is 9.36. The van der Waals surface area contributed by atoms with Crippen LogP contribution in [0.5, 0.6) is 0 Å². The summed E-state index contributed by atoms with van der Waals surface area (Å²) in [5.41, 5.74) is 5.04. The molecule has 1 aliphatic carbocycles. The van der Waals surface area contributed by atoms with Crippen molar-refractivity contribution in [2.24, 2.45) is 11.7 Å². The first-order valence-corrected chi connectivity index (χ1v) is 4.78. The van der Waals surface area contributed by atoms with Crippen molar-refractivity contribution in [3.63, 3.8) is 0 Å². The molecule has 0 aliphatic heterocycles. The second-order valence-corrected chi connectivity index (χ2v) is 3.63. The minimum Gasteiger partial charge on any atom is -0.352 e. The zero-order chi connectivity index (χ0) is 8.97. The highest BCUT2D eigenvalue weighted by Crippen LogP contribution is 2.26. The molecule has 0 radical (unpaired) electrons. The molecule has 1 fully saturated rings. The summed E-state index contributed by atoms with van der Waals surface area (Å²) in [6, 6.07) is -0.0414. The Labute approximate surface area is 73.7 Å². The van der Waals surface area contributed by atoms with E-state index in [9.17, 15) is 4.79 Å². The molecule has 0 saturated heterocycles. The maximum atomic E-state index is 10.5. The second kappa shape index (κ2) is 4.33. The van der Waals surface area contributed by atoms with Crippen molar-refractivity contribution in [3.8, 4) is 0 Å². The van der Waals surface area contributed by atoms with Gasteiger partial charge in [0.25, 0.3) is 0 Å². The number of primary amides is 1. The fourth-order valence-corrected chi connectivity index (χ4v) is 1.92. The fraction of sp³-hybridized carbons (Fsp3) is 0.889. The summed E-state index contributed by atoms with van der Waals surface area (Å²) in [6.45, 7) is 2.23. The number of hydrogen-bond donors (Lipinski definition) is 2. The van der Waals surface area contributed by atoms with Gasteiger partial charge in [0, 0.05) is 6.04 Å². The predicted molar refractivity (Wildman–Crippen MR) is 48.8 cm³/mol. The Kier molecular flexibility index (Phi) is 3.38. The molecule has 3 nitrogen and oxygen atoms in total. The molecule has 1 saturated carbocycles. The standard InChI is InChI=1S/C9H18N2O/c1-2-7-3-5-8(6-4-7)11-9(10)12/h7-8H,2-6H2,1H3,(H3,10,11,12). The normalized spacial score (nSPS) is 29.8. The van der Waals surface area contributed by atoms with Crippen molar-refractivity contribution >= 4 is 6.03 Å². The summed E-state index contributed by atoms with van der Waals surface area (Å²) < 4.78 is 0. The average molecular weight is 170 g/mol. The molecule has 2 amide bonds. The van der Waals surface area contributed by atoms with Crippen LogP contribution in [0.25, 0.3) is 0 Å². The zero-order valence-corrected chi connectivity index (χ0v) is 7.68.